The van der Waals surface area contributed by atoms with Crippen molar-refractivity contribution in [1.82, 2.24) is 15.0 Å². The first-order chi connectivity index (χ1) is 18.6. The predicted octanol–water partition coefficient (Wildman–Crippen LogP) is 5.92. The van der Waals surface area contributed by atoms with Gasteiger partial charge in [0.05, 0.1) is 13.2 Å². The molecule has 5 rings (SSSR count). The lowest BCUT2D eigenvalue weighted by molar-refractivity contribution is 0.122. The number of nitrogens with one attached hydrogen (secondary N) is 3. The maximum absolute atomic E-state index is 12.5. The highest BCUT2D eigenvalue weighted by molar-refractivity contribution is 6.30. The topological polar surface area (TPSA) is 104 Å². The van der Waals surface area contributed by atoms with Gasteiger partial charge in [0, 0.05) is 35.2 Å². The van der Waals surface area contributed by atoms with Gasteiger partial charge < -0.3 is 25.6 Å². The molecule has 0 bridgehead atoms. The molecule has 0 radical (unpaired) electrons. The number of benzene rings is 3. The molecular weight excluding hydrogens is 502 g/mol. The largest absolute Gasteiger partial charge is 0.378 e. The van der Waals surface area contributed by atoms with Gasteiger partial charge in [0.25, 0.3) is 0 Å². The third-order valence-corrected chi connectivity index (χ3v) is 5.89. The van der Waals surface area contributed by atoms with Gasteiger partial charge in [0.15, 0.2) is 5.82 Å². The van der Waals surface area contributed by atoms with E-state index in [4.69, 9.17) is 16.3 Å². The Labute approximate surface area is 225 Å². The molecule has 0 atom stereocenters. The third kappa shape index (κ3) is 7.06. The monoisotopic (exact) mass is 527 g/mol. The second-order valence-electron chi connectivity index (χ2n) is 8.45. The summed E-state index contributed by atoms with van der Waals surface area (Å²) in [5.41, 5.74) is 3.00. The van der Waals surface area contributed by atoms with Crippen LogP contribution in [0.15, 0.2) is 78.9 Å². The van der Waals surface area contributed by atoms with Crippen LogP contribution in [0.4, 0.5) is 33.8 Å². The number of carbonyl (C=O) groups excluding carboxylic acids is 1. The summed E-state index contributed by atoms with van der Waals surface area (Å²) in [6.45, 7) is 2.64. The van der Waals surface area contributed by atoms with E-state index in [9.17, 15) is 4.79 Å². The molecule has 0 aliphatic carbocycles. The number of anilines is 5. The number of hydrogen-bond acceptors (Lipinski definition) is 7. The number of halogens is 1. The summed E-state index contributed by atoms with van der Waals surface area (Å²) in [4.78, 5) is 28.5. The van der Waals surface area contributed by atoms with Crippen molar-refractivity contribution in [2.75, 3.05) is 47.2 Å². The zero-order chi connectivity index (χ0) is 26.2. The first kappa shape index (κ1) is 25.2. The Bertz CT molecular complexity index is 1410. The van der Waals surface area contributed by atoms with E-state index in [-0.39, 0.29) is 6.03 Å². The Morgan fingerprint density at radius 2 is 1.55 bits per heavy atom. The average Bonchev–Trinajstić information content (AvgIpc) is 2.94. The van der Waals surface area contributed by atoms with Crippen LogP contribution in [0.2, 0.25) is 5.02 Å². The predicted molar refractivity (Wildman–Crippen MR) is 152 cm³/mol. The number of morpholine rings is 1. The number of aromatic nitrogens is 3. The quantitative estimate of drug-likeness (QED) is 0.274. The fourth-order valence-electron chi connectivity index (χ4n) is 3.78. The van der Waals surface area contributed by atoms with E-state index in [0.29, 0.717) is 66.1 Å². The molecule has 0 spiro atoms. The molecule has 2 amide bonds. The van der Waals surface area contributed by atoms with Gasteiger partial charge in [-0.1, -0.05) is 54.1 Å². The van der Waals surface area contributed by atoms with E-state index < -0.39 is 0 Å². The van der Waals surface area contributed by atoms with Gasteiger partial charge >= 0.3 is 6.03 Å². The van der Waals surface area contributed by atoms with Crippen molar-refractivity contribution < 1.29 is 9.53 Å². The number of nitrogens with zero attached hydrogens (tertiary/aromatic N) is 4. The summed E-state index contributed by atoms with van der Waals surface area (Å²) in [5.74, 6) is 1.51. The zero-order valence-corrected chi connectivity index (χ0v) is 21.2. The Kier molecular flexibility index (Phi) is 8.07. The Balaban J connectivity index is 1.33. The summed E-state index contributed by atoms with van der Waals surface area (Å²) in [6, 6.07) is 23.8. The standard InChI is InChI=1S/C28H26ClN7O2/c29-21-10-12-22(13-11-21)31-28(37)32-24-8-4-7-23(19-24)30-26-33-25(14-9-20-5-2-1-3-6-20)34-27(35-26)36-15-17-38-18-16-36/h1-14,19H,15-18H2,(H2,31,32,37)(H,30,33,34,35)/b14-9+. The third-order valence-electron chi connectivity index (χ3n) is 5.64. The highest BCUT2D eigenvalue weighted by Crippen LogP contribution is 2.21. The number of urea groups is 1. The summed E-state index contributed by atoms with van der Waals surface area (Å²) in [7, 11) is 0. The summed E-state index contributed by atoms with van der Waals surface area (Å²) in [5, 5.41) is 9.47. The summed E-state index contributed by atoms with van der Waals surface area (Å²) < 4.78 is 5.48. The molecule has 38 heavy (non-hydrogen) atoms. The van der Waals surface area contributed by atoms with Crippen LogP contribution in [0.1, 0.15) is 11.4 Å². The van der Waals surface area contributed by atoms with Gasteiger partial charge in [-0.2, -0.15) is 15.0 Å². The highest BCUT2D eigenvalue weighted by atomic mass is 35.5. The molecule has 10 heteroatoms. The van der Waals surface area contributed by atoms with Gasteiger partial charge in [-0.3, -0.25) is 0 Å². The van der Waals surface area contributed by atoms with Crippen molar-refractivity contribution in [2.24, 2.45) is 0 Å². The SMILES string of the molecule is O=C(Nc1ccc(Cl)cc1)Nc1cccc(Nc2nc(/C=C/c3ccccc3)nc(N3CCOCC3)n2)c1. The fraction of sp³-hybridized carbons (Fsp3) is 0.143. The van der Waals surface area contributed by atoms with Gasteiger partial charge in [-0.15, -0.1) is 0 Å². The van der Waals surface area contributed by atoms with E-state index in [1.54, 1.807) is 36.4 Å². The summed E-state index contributed by atoms with van der Waals surface area (Å²) in [6.07, 6.45) is 3.83. The van der Waals surface area contributed by atoms with E-state index in [1.807, 2.05) is 54.6 Å². The van der Waals surface area contributed by atoms with Crippen LogP contribution >= 0.6 is 11.6 Å². The molecule has 2 heterocycles. The normalized spacial score (nSPS) is 13.3. The molecule has 3 N–H and O–H groups in total. The fourth-order valence-corrected chi connectivity index (χ4v) is 3.91. The minimum absolute atomic E-state index is 0.368. The number of amides is 2. The number of ether oxygens (including phenoxy) is 1. The van der Waals surface area contributed by atoms with E-state index in [0.717, 1.165) is 5.56 Å². The van der Waals surface area contributed by atoms with E-state index in [2.05, 4.69) is 35.8 Å². The molecule has 1 fully saturated rings. The number of carbonyl (C=O) groups is 1. The Morgan fingerprint density at radius 3 is 2.34 bits per heavy atom. The Morgan fingerprint density at radius 1 is 0.816 bits per heavy atom. The second-order valence-corrected chi connectivity index (χ2v) is 8.89. The van der Waals surface area contributed by atoms with Crippen molar-refractivity contribution in [3.05, 3.63) is 95.3 Å². The van der Waals surface area contributed by atoms with Crippen molar-refractivity contribution in [2.45, 2.75) is 0 Å². The lowest BCUT2D eigenvalue weighted by atomic mass is 10.2. The smallest absolute Gasteiger partial charge is 0.323 e. The maximum atomic E-state index is 12.5. The lowest BCUT2D eigenvalue weighted by Crippen LogP contribution is -2.37. The van der Waals surface area contributed by atoms with Crippen LogP contribution in [0.25, 0.3) is 12.2 Å². The van der Waals surface area contributed by atoms with Crippen LogP contribution in [0.3, 0.4) is 0 Å². The van der Waals surface area contributed by atoms with Crippen LogP contribution in [-0.2, 0) is 4.74 Å². The molecule has 4 aromatic rings. The van der Waals surface area contributed by atoms with Crippen LogP contribution in [0.5, 0.6) is 0 Å². The van der Waals surface area contributed by atoms with Gasteiger partial charge in [-0.05, 0) is 54.1 Å². The van der Waals surface area contributed by atoms with Gasteiger partial charge in [0.2, 0.25) is 11.9 Å². The zero-order valence-electron chi connectivity index (χ0n) is 20.5. The highest BCUT2D eigenvalue weighted by Gasteiger charge is 2.16. The molecule has 0 saturated carbocycles. The van der Waals surface area contributed by atoms with Crippen LogP contribution in [0, 0.1) is 0 Å². The molecule has 1 aromatic heterocycles. The minimum atomic E-state index is -0.368. The van der Waals surface area contributed by atoms with Crippen molar-refractivity contribution in [3.63, 3.8) is 0 Å². The van der Waals surface area contributed by atoms with Gasteiger partial charge in [0.1, 0.15) is 0 Å². The van der Waals surface area contributed by atoms with E-state index >= 15 is 0 Å². The first-order valence-electron chi connectivity index (χ1n) is 12.1. The average molecular weight is 528 g/mol. The molecule has 1 aliphatic heterocycles. The minimum Gasteiger partial charge on any atom is -0.378 e. The first-order valence-corrected chi connectivity index (χ1v) is 12.5. The number of rotatable bonds is 7. The van der Waals surface area contributed by atoms with E-state index in [1.165, 1.54) is 0 Å². The molecule has 1 aliphatic rings. The molecular formula is C28H26ClN7O2. The molecule has 1 saturated heterocycles. The van der Waals surface area contributed by atoms with Crippen LogP contribution in [-0.4, -0.2) is 47.3 Å². The molecule has 0 unspecified atom stereocenters. The molecule has 3 aromatic carbocycles. The summed E-state index contributed by atoms with van der Waals surface area (Å²) >= 11 is 5.91. The van der Waals surface area contributed by atoms with Crippen molar-refractivity contribution in [3.8, 4) is 0 Å². The molecule has 9 nitrogen and oxygen atoms in total. The maximum Gasteiger partial charge on any atom is 0.323 e. The Hall–Kier alpha value is -4.47. The molecule has 192 valence electrons. The van der Waals surface area contributed by atoms with Crippen LogP contribution < -0.4 is 20.9 Å². The lowest BCUT2D eigenvalue weighted by Gasteiger charge is -2.27. The number of hydrogen-bond donors (Lipinski definition) is 3. The van der Waals surface area contributed by atoms with Crippen molar-refractivity contribution >= 4 is 58.7 Å². The van der Waals surface area contributed by atoms with Gasteiger partial charge in [-0.25, -0.2) is 4.79 Å². The second kappa shape index (κ2) is 12.2. The van der Waals surface area contributed by atoms with Crippen molar-refractivity contribution in [1.29, 1.82) is 0 Å².